The molecule has 21 heavy (non-hydrogen) atoms. The first-order valence-corrected chi connectivity index (χ1v) is 7.20. The molecule has 0 amide bonds. The maximum absolute atomic E-state index is 11.5. The van der Waals surface area contributed by atoms with Crippen LogP contribution < -0.4 is 0 Å². The average Bonchev–Trinajstić information content (AvgIpc) is 2.49. The second kappa shape index (κ2) is 8.61. The molecule has 7 heteroatoms. The quantitative estimate of drug-likeness (QED) is 0.540. The van der Waals surface area contributed by atoms with Gasteiger partial charge in [-0.15, -0.1) is 0 Å². The zero-order valence-electron chi connectivity index (χ0n) is 12.6. The molecule has 7 nitrogen and oxygen atoms in total. The molecule has 0 aromatic heterocycles. The fourth-order valence-electron chi connectivity index (χ4n) is 1.77. The van der Waals surface area contributed by atoms with Crippen molar-refractivity contribution in [3.63, 3.8) is 0 Å². The van der Waals surface area contributed by atoms with Gasteiger partial charge in [-0.25, -0.2) is 0 Å². The van der Waals surface area contributed by atoms with Crippen LogP contribution in [-0.4, -0.2) is 43.0 Å². The molecular weight excluding hydrogens is 280 g/mol. The molecule has 0 radical (unpaired) electrons. The van der Waals surface area contributed by atoms with Gasteiger partial charge in [-0.1, -0.05) is 20.8 Å². The van der Waals surface area contributed by atoms with Crippen LogP contribution in [0.2, 0.25) is 0 Å². The van der Waals surface area contributed by atoms with E-state index >= 15 is 0 Å². The molecule has 0 N–H and O–H groups in total. The van der Waals surface area contributed by atoms with E-state index in [2.05, 4.69) is 0 Å². The molecule has 1 rings (SSSR count). The molecule has 1 heterocycles. The first kappa shape index (κ1) is 17.4. The van der Waals surface area contributed by atoms with Gasteiger partial charge in [-0.05, 0) is 0 Å². The Morgan fingerprint density at radius 1 is 0.857 bits per heavy atom. The summed E-state index contributed by atoms with van der Waals surface area (Å²) in [5, 5.41) is 0. The Morgan fingerprint density at radius 2 is 1.33 bits per heavy atom. The highest BCUT2D eigenvalue weighted by atomic mass is 16.7. The molecule has 0 saturated carbocycles. The molecule has 1 fully saturated rings. The monoisotopic (exact) mass is 302 g/mol. The van der Waals surface area contributed by atoms with Crippen molar-refractivity contribution in [2.45, 2.75) is 65.0 Å². The van der Waals surface area contributed by atoms with Gasteiger partial charge in [0.1, 0.15) is 6.10 Å². The molecule has 1 aliphatic rings. The third-order valence-electron chi connectivity index (χ3n) is 2.98. The molecule has 0 aliphatic carbocycles. The van der Waals surface area contributed by atoms with E-state index in [0.29, 0.717) is 0 Å². The van der Waals surface area contributed by atoms with Crippen molar-refractivity contribution in [2.75, 3.05) is 6.61 Å². The maximum Gasteiger partial charge on any atom is 0.307 e. The van der Waals surface area contributed by atoms with E-state index in [0.717, 1.165) is 0 Å². The van der Waals surface area contributed by atoms with Crippen LogP contribution in [0.5, 0.6) is 0 Å². The Morgan fingerprint density at radius 3 is 1.86 bits per heavy atom. The number of hydrogen-bond acceptors (Lipinski definition) is 7. The zero-order chi connectivity index (χ0) is 15.8. The van der Waals surface area contributed by atoms with E-state index in [1.807, 2.05) is 0 Å². The molecular formula is C14H22O7. The second-order valence-corrected chi connectivity index (χ2v) is 4.61. The first-order chi connectivity index (χ1) is 9.99. The predicted molar refractivity (Wildman–Crippen MR) is 71.1 cm³/mol. The molecule has 0 unspecified atom stereocenters. The summed E-state index contributed by atoms with van der Waals surface area (Å²) >= 11 is 0. The lowest BCUT2D eigenvalue weighted by molar-refractivity contribution is -0.230. The van der Waals surface area contributed by atoms with E-state index in [4.69, 9.17) is 18.9 Å². The van der Waals surface area contributed by atoms with E-state index in [9.17, 15) is 14.4 Å². The van der Waals surface area contributed by atoms with Crippen molar-refractivity contribution >= 4 is 17.9 Å². The largest absolute Gasteiger partial charge is 0.458 e. The Hall–Kier alpha value is -1.63. The highest BCUT2D eigenvalue weighted by Gasteiger charge is 2.37. The van der Waals surface area contributed by atoms with Crippen molar-refractivity contribution < 1.29 is 33.3 Å². The lowest BCUT2D eigenvalue weighted by atomic mass is 10.1. The molecule has 0 aromatic rings. The van der Waals surface area contributed by atoms with Gasteiger partial charge < -0.3 is 18.9 Å². The summed E-state index contributed by atoms with van der Waals surface area (Å²) in [4.78, 5) is 34.1. The van der Waals surface area contributed by atoms with Crippen LogP contribution in [0.25, 0.3) is 0 Å². The molecule has 3 atom stereocenters. The summed E-state index contributed by atoms with van der Waals surface area (Å²) in [6.45, 7) is 5.04. The van der Waals surface area contributed by atoms with E-state index in [-0.39, 0.29) is 32.3 Å². The fourth-order valence-corrected chi connectivity index (χ4v) is 1.77. The van der Waals surface area contributed by atoms with Crippen LogP contribution in [0, 0.1) is 0 Å². The van der Waals surface area contributed by atoms with Crippen molar-refractivity contribution in [3.8, 4) is 0 Å². The van der Waals surface area contributed by atoms with Gasteiger partial charge in [0.2, 0.25) is 6.29 Å². The molecule has 0 aromatic carbocycles. The Kier molecular flexibility index (Phi) is 7.14. The maximum atomic E-state index is 11.5. The summed E-state index contributed by atoms with van der Waals surface area (Å²) in [6.07, 6.45) is -1.32. The summed E-state index contributed by atoms with van der Waals surface area (Å²) in [5.74, 6) is -1.20. The number of esters is 3. The molecule has 0 bridgehead atoms. The number of hydrogen-bond donors (Lipinski definition) is 0. The normalized spacial score (nSPS) is 25.0. The topological polar surface area (TPSA) is 88.1 Å². The minimum Gasteiger partial charge on any atom is -0.458 e. The van der Waals surface area contributed by atoms with Crippen LogP contribution in [0.1, 0.15) is 46.5 Å². The van der Waals surface area contributed by atoms with Gasteiger partial charge in [0, 0.05) is 19.3 Å². The molecule has 1 saturated heterocycles. The standard InChI is InChI=1S/C14H22O7/c1-4-11(15)19-9-7-14(21-13(17)6-3)18-8-10(9)20-12(16)5-2/h9-10,14H,4-8H2,1-3H3/t9-,10-,14+/m1/s1. The van der Waals surface area contributed by atoms with Gasteiger partial charge in [0.25, 0.3) is 0 Å². The van der Waals surface area contributed by atoms with Crippen LogP contribution in [-0.2, 0) is 33.3 Å². The van der Waals surface area contributed by atoms with Crippen molar-refractivity contribution in [1.82, 2.24) is 0 Å². The van der Waals surface area contributed by atoms with Crippen molar-refractivity contribution in [2.24, 2.45) is 0 Å². The highest BCUT2D eigenvalue weighted by Crippen LogP contribution is 2.22. The van der Waals surface area contributed by atoms with Crippen molar-refractivity contribution in [1.29, 1.82) is 0 Å². The minimum absolute atomic E-state index is 0.0229. The van der Waals surface area contributed by atoms with Gasteiger partial charge in [-0.2, -0.15) is 0 Å². The first-order valence-electron chi connectivity index (χ1n) is 7.20. The lowest BCUT2D eigenvalue weighted by Crippen LogP contribution is -2.47. The number of ether oxygens (including phenoxy) is 4. The lowest BCUT2D eigenvalue weighted by Gasteiger charge is -2.34. The molecule has 120 valence electrons. The number of rotatable bonds is 6. The van der Waals surface area contributed by atoms with E-state index in [1.165, 1.54) is 0 Å². The number of carbonyl (C=O) groups excluding carboxylic acids is 3. The Bertz CT molecular complexity index is 380. The zero-order valence-corrected chi connectivity index (χ0v) is 12.6. The minimum atomic E-state index is -0.788. The summed E-state index contributed by atoms with van der Waals surface area (Å²) in [6, 6.07) is 0. The van der Waals surface area contributed by atoms with E-state index in [1.54, 1.807) is 20.8 Å². The van der Waals surface area contributed by atoms with E-state index < -0.39 is 36.4 Å². The van der Waals surface area contributed by atoms with Crippen LogP contribution in [0.15, 0.2) is 0 Å². The Labute approximate surface area is 123 Å². The van der Waals surface area contributed by atoms with Crippen LogP contribution in [0.4, 0.5) is 0 Å². The second-order valence-electron chi connectivity index (χ2n) is 4.61. The third-order valence-corrected chi connectivity index (χ3v) is 2.98. The summed E-state index contributed by atoms with van der Waals surface area (Å²) in [5.41, 5.74) is 0. The molecule has 0 spiro atoms. The molecule has 1 aliphatic heterocycles. The van der Waals surface area contributed by atoms with Crippen molar-refractivity contribution in [3.05, 3.63) is 0 Å². The van der Waals surface area contributed by atoms with Gasteiger partial charge in [-0.3, -0.25) is 14.4 Å². The fraction of sp³-hybridized carbons (Fsp3) is 0.786. The van der Waals surface area contributed by atoms with Gasteiger partial charge in [0.05, 0.1) is 13.0 Å². The summed E-state index contributed by atoms with van der Waals surface area (Å²) < 4.78 is 20.9. The summed E-state index contributed by atoms with van der Waals surface area (Å²) in [7, 11) is 0. The number of carbonyl (C=O) groups is 3. The third kappa shape index (κ3) is 5.71. The van der Waals surface area contributed by atoms with Crippen LogP contribution in [0.3, 0.4) is 0 Å². The predicted octanol–water partition coefficient (Wildman–Crippen LogP) is 1.33. The smallest absolute Gasteiger partial charge is 0.307 e. The van der Waals surface area contributed by atoms with Crippen LogP contribution >= 0.6 is 0 Å². The van der Waals surface area contributed by atoms with Gasteiger partial charge in [0.15, 0.2) is 6.10 Å². The Balaban J connectivity index is 2.66. The average molecular weight is 302 g/mol. The highest BCUT2D eigenvalue weighted by molar-refractivity contribution is 5.70. The SMILES string of the molecule is CCC(=O)O[C@H]1C[C@@H](OC(=O)CC)[C@H](OC(=O)CC)CO1. The van der Waals surface area contributed by atoms with Gasteiger partial charge >= 0.3 is 17.9 Å².